The van der Waals surface area contributed by atoms with Gasteiger partial charge in [0.25, 0.3) is 0 Å². The maximum Gasteiger partial charge on any atom is 0.315 e. The average molecular weight is 172 g/mol. The molecule has 1 unspecified atom stereocenters. The van der Waals surface area contributed by atoms with Gasteiger partial charge < -0.3 is 9.47 Å². The van der Waals surface area contributed by atoms with Crippen LogP contribution in [0.3, 0.4) is 0 Å². The molecule has 68 valence electrons. The Morgan fingerprint density at radius 2 is 2.42 bits per heavy atom. The first-order valence-electron chi connectivity index (χ1n) is 3.85. The van der Waals surface area contributed by atoms with Crippen molar-refractivity contribution in [2.75, 3.05) is 13.2 Å². The molecule has 0 spiro atoms. The molecule has 1 saturated heterocycles. The Hall–Kier alpha value is -1.06. The fourth-order valence-electron chi connectivity index (χ4n) is 1.04. The van der Waals surface area contributed by atoms with Crippen molar-refractivity contribution in [2.45, 2.75) is 20.3 Å². The van der Waals surface area contributed by atoms with Gasteiger partial charge in [-0.05, 0) is 6.92 Å². The molecule has 1 aliphatic rings. The molecule has 4 nitrogen and oxygen atoms in total. The van der Waals surface area contributed by atoms with Gasteiger partial charge in [-0.25, -0.2) is 0 Å². The second-order valence-electron chi connectivity index (χ2n) is 3.23. The second kappa shape index (κ2) is 3.13. The van der Waals surface area contributed by atoms with E-state index in [1.54, 1.807) is 6.92 Å². The van der Waals surface area contributed by atoms with Crippen LogP contribution in [0.2, 0.25) is 0 Å². The fourth-order valence-corrected chi connectivity index (χ4v) is 1.04. The van der Waals surface area contributed by atoms with Crippen LogP contribution in [0.15, 0.2) is 0 Å². The zero-order valence-electron chi connectivity index (χ0n) is 7.25. The summed E-state index contributed by atoms with van der Waals surface area (Å²) in [5, 5.41) is 0. The maximum atomic E-state index is 11.1. The monoisotopic (exact) mass is 172 g/mol. The first-order chi connectivity index (χ1) is 5.54. The summed E-state index contributed by atoms with van der Waals surface area (Å²) in [5.74, 6) is -0.639. The lowest BCUT2D eigenvalue weighted by Crippen LogP contribution is -2.29. The number of carbonyl (C=O) groups excluding carboxylic acids is 2. The minimum absolute atomic E-state index is 0.126. The topological polar surface area (TPSA) is 52.6 Å². The summed E-state index contributed by atoms with van der Waals surface area (Å²) in [5.41, 5.74) is -0.619. The lowest BCUT2D eigenvalue weighted by atomic mass is 9.90. The Kier molecular flexibility index (Phi) is 2.35. The molecule has 1 aliphatic heterocycles. The SMILES string of the molecule is CC(=O)OCC1(C)CCOC1=O. The van der Waals surface area contributed by atoms with E-state index in [-0.39, 0.29) is 18.5 Å². The molecule has 12 heavy (non-hydrogen) atoms. The van der Waals surface area contributed by atoms with Crippen molar-refractivity contribution in [3.63, 3.8) is 0 Å². The number of ether oxygens (including phenoxy) is 2. The van der Waals surface area contributed by atoms with Gasteiger partial charge in [0, 0.05) is 13.3 Å². The fraction of sp³-hybridized carbons (Fsp3) is 0.750. The van der Waals surface area contributed by atoms with Gasteiger partial charge in [-0.3, -0.25) is 9.59 Å². The third-order valence-electron chi connectivity index (χ3n) is 1.97. The molecule has 0 amide bonds. The van der Waals surface area contributed by atoms with Crippen molar-refractivity contribution in [3.05, 3.63) is 0 Å². The van der Waals surface area contributed by atoms with Crippen molar-refractivity contribution in [1.29, 1.82) is 0 Å². The minimum Gasteiger partial charge on any atom is -0.465 e. The van der Waals surface area contributed by atoms with E-state index >= 15 is 0 Å². The zero-order chi connectivity index (χ0) is 9.19. The quantitative estimate of drug-likeness (QED) is 0.569. The molecular formula is C8H12O4. The molecule has 1 rings (SSSR count). The van der Waals surface area contributed by atoms with Gasteiger partial charge in [0.15, 0.2) is 0 Å². The molecule has 0 aromatic rings. The van der Waals surface area contributed by atoms with Crippen molar-refractivity contribution in [3.8, 4) is 0 Å². The van der Waals surface area contributed by atoms with Crippen LogP contribution >= 0.6 is 0 Å². The maximum absolute atomic E-state index is 11.1. The molecule has 0 aromatic heterocycles. The lowest BCUT2D eigenvalue weighted by Gasteiger charge is -2.17. The van der Waals surface area contributed by atoms with Gasteiger partial charge in [-0.2, -0.15) is 0 Å². The molecular weight excluding hydrogens is 160 g/mol. The first kappa shape index (κ1) is 9.03. The third kappa shape index (κ3) is 1.75. The Morgan fingerprint density at radius 3 is 2.83 bits per heavy atom. The molecule has 0 N–H and O–H groups in total. The highest BCUT2D eigenvalue weighted by atomic mass is 16.6. The highest BCUT2D eigenvalue weighted by Crippen LogP contribution is 2.29. The third-order valence-corrected chi connectivity index (χ3v) is 1.97. The molecule has 0 bridgehead atoms. The van der Waals surface area contributed by atoms with E-state index < -0.39 is 5.41 Å². The summed E-state index contributed by atoms with van der Waals surface area (Å²) in [4.78, 5) is 21.6. The molecule has 1 fully saturated rings. The summed E-state index contributed by atoms with van der Waals surface area (Å²) < 4.78 is 9.53. The largest absolute Gasteiger partial charge is 0.465 e. The van der Waals surface area contributed by atoms with Crippen LogP contribution < -0.4 is 0 Å². The van der Waals surface area contributed by atoms with E-state index in [9.17, 15) is 9.59 Å². The van der Waals surface area contributed by atoms with Crippen LogP contribution in [-0.2, 0) is 19.1 Å². The van der Waals surface area contributed by atoms with Crippen molar-refractivity contribution >= 4 is 11.9 Å². The average Bonchev–Trinajstić information content (AvgIpc) is 2.30. The highest BCUT2D eigenvalue weighted by molar-refractivity contribution is 5.78. The van der Waals surface area contributed by atoms with Crippen molar-refractivity contribution in [2.24, 2.45) is 5.41 Å². The molecule has 0 aliphatic carbocycles. The molecule has 1 atom stereocenters. The number of hydrogen-bond donors (Lipinski definition) is 0. The molecule has 0 radical (unpaired) electrons. The van der Waals surface area contributed by atoms with Gasteiger partial charge in [0.2, 0.25) is 0 Å². The molecule has 4 heteroatoms. The summed E-state index contributed by atoms with van der Waals surface area (Å²) in [6.45, 7) is 3.62. The number of cyclic esters (lactones) is 1. The van der Waals surface area contributed by atoms with Crippen LogP contribution in [0.4, 0.5) is 0 Å². The lowest BCUT2D eigenvalue weighted by molar-refractivity contribution is -0.153. The van der Waals surface area contributed by atoms with Gasteiger partial charge in [-0.15, -0.1) is 0 Å². The summed E-state index contributed by atoms with van der Waals surface area (Å²) in [6.07, 6.45) is 0.624. The Morgan fingerprint density at radius 1 is 1.75 bits per heavy atom. The van der Waals surface area contributed by atoms with Crippen LogP contribution in [0, 0.1) is 5.41 Å². The van der Waals surface area contributed by atoms with E-state index in [2.05, 4.69) is 0 Å². The number of esters is 2. The second-order valence-corrected chi connectivity index (χ2v) is 3.23. The van der Waals surface area contributed by atoms with Crippen LogP contribution in [-0.4, -0.2) is 25.2 Å². The highest BCUT2D eigenvalue weighted by Gasteiger charge is 2.41. The van der Waals surface area contributed by atoms with E-state index in [1.807, 2.05) is 0 Å². The Labute approximate surface area is 70.8 Å². The van der Waals surface area contributed by atoms with Gasteiger partial charge in [0.1, 0.15) is 12.0 Å². The van der Waals surface area contributed by atoms with Crippen LogP contribution in [0.5, 0.6) is 0 Å². The van der Waals surface area contributed by atoms with Crippen molar-refractivity contribution < 1.29 is 19.1 Å². The van der Waals surface area contributed by atoms with E-state index in [0.29, 0.717) is 13.0 Å². The molecule has 0 aromatic carbocycles. The number of rotatable bonds is 2. The number of hydrogen-bond acceptors (Lipinski definition) is 4. The Balaban J connectivity index is 2.48. The predicted molar refractivity (Wildman–Crippen MR) is 40.3 cm³/mol. The van der Waals surface area contributed by atoms with Crippen LogP contribution in [0.1, 0.15) is 20.3 Å². The van der Waals surface area contributed by atoms with E-state index in [1.165, 1.54) is 6.92 Å². The smallest absolute Gasteiger partial charge is 0.315 e. The van der Waals surface area contributed by atoms with E-state index in [4.69, 9.17) is 9.47 Å². The summed E-state index contributed by atoms with van der Waals surface area (Å²) in [6, 6.07) is 0. The van der Waals surface area contributed by atoms with Gasteiger partial charge in [0.05, 0.1) is 6.61 Å². The standard InChI is InChI=1S/C8H12O4/c1-6(9)12-5-8(2)3-4-11-7(8)10/h3-5H2,1-2H3. The summed E-state index contributed by atoms with van der Waals surface area (Å²) in [7, 11) is 0. The normalized spacial score (nSPS) is 28.3. The summed E-state index contributed by atoms with van der Waals surface area (Å²) >= 11 is 0. The van der Waals surface area contributed by atoms with Crippen molar-refractivity contribution in [1.82, 2.24) is 0 Å². The predicted octanol–water partition coefficient (Wildman–Crippen LogP) is 0.503. The van der Waals surface area contributed by atoms with Gasteiger partial charge in [-0.1, -0.05) is 0 Å². The van der Waals surface area contributed by atoms with Crippen LogP contribution in [0.25, 0.3) is 0 Å². The van der Waals surface area contributed by atoms with Gasteiger partial charge >= 0.3 is 11.9 Å². The number of carbonyl (C=O) groups is 2. The molecule has 1 heterocycles. The van der Waals surface area contributed by atoms with E-state index in [0.717, 1.165) is 0 Å². The minimum atomic E-state index is -0.619. The molecule has 0 saturated carbocycles. The Bertz CT molecular complexity index is 211. The zero-order valence-corrected chi connectivity index (χ0v) is 7.25. The first-order valence-corrected chi connectivity index (χ1v) is 3.85.